The van der Waals surface area contributed by atoms with Crippen LogP contribution in [0.1, 0.15) is 16.8 Å². The fourth-order valence-electron chi connectivity index (χ4n) is 2.93. The molecule has 2 N–H and O–H groups in total. The molecule has 133 valence electrons. The first-order valence-corrected chi connectivity index (χ1v) is 8.46. The first kappa shape index (κ1) is 18.1. The highest BCUT2D eigenvalue weighted by atomic mass is 79.9. The second kappa shape index (κ2) is 6.92. The van der Waals surface area contributed by atoms with Gasteiger partial charge in [-0.15, -0.1) is 0 Å². The number of nitrogens with zero attached hydrogens (tertiary/aromatic N) is 1. The first-order valence-electron chi connectivity index (χ1n) is 7.67. The third kappa shape index (κ3) is 3.22. The van der Waals surface area contributed by atoms with Gasteiger partial charge in [-0.3, -0.25) is 0 Å². The first-order chi connectivity index (χ1) is 12.3. The summed E-state index contributed by atoms with van der Waals surface area (Å²) in [6.07, 6.45) is -1.34. The van der Waals surface area contributed by atoms with Crippen LogP contribution < -0.4 is 5.32 Å². The van der Waals surface area contributed by atoms with Gasteiger partial charge < -0.3 is 14.9 Å². The summed E-state index contributed by atoms with van der Waals surface area (Å²) in [6.45, 7) is 5.66. The third-order valence-electron chi connectivity index (χ3n) is 4.05. The minimum Gasteiger partial charge on any atom is -0.465 e. The zero-order valence-corrected chi connectivity index (χ0v) is 15.4. The maximum Gasteiger partial charge on any atom is 0.405 e. The Hall–Kier alpha value is -2.67. The number of hydrogen-bond acceptors (Lipinski definition) is 3. The predicted octanol–water partition coefficient (Wildman–Crippen LogP) is 4.90. The Morgan fingerprint density at radius 3 is 2.54 bits per heavy atom. The second-order valence-corrected chi connectivity index (χ2v) is 6.71. The molecule has 1 radical (unpaired) electrons. The summed E-state index contributed by atoms with van der Waals surface area (Å²) in [6, 6.07) is 13.1. The van der Waals surface area contributed by atoms with Gasteiger partial charge in [0, 0.05) is 15.6 Å². The average Bonchev–Trinajstić information content (AvgIpc) is 2.97. The lowest BCUT2D eigenvalue weighted by Crippen LogP contribution is -2.45. The van der Waals surface area contributed by atoms with Crippen LogP contribution in [0.15, 0.2) is 57.5 Å². The van der Waals surface area contributed by atoms with E-state index in [1.54, 1.807) is 25.1 Å². The van der Waals surface area contributed by atoms with E-state index >= 15 is 0 Å². The van der Waals surface area contributed by atoms with Crippen molar-refractivity contribution >= 4 is 22.0 Å². The molecule has 26 heavy (non-hydrogen) atoms. The highest BCUT2D eigenvalue weighted by Crippen LogP contribution is 2.39. The van der Waals surface area contributed by atoms with Crippen LogP contribution in [0, 0.1) is 19.7 Å². The number of nitrogens with one attached hydrogen (secondary N) is 1. The van der Waals surface area contributed by atoms with Crippen LogP contribution >= 0.6 is 15.9 Å². The Morgan fingerprint density at radius 1 is 1.27 bits per heavy atom. The van der Waals surface area contributed by atoms with E-state index < -0.39 is 17.4 Å². The number of benzene rings is 2. The molecule has 3 aromatic rings. The van der Waals surface area contributed by atoms with Gasteiger partial charge in [0.2, 0.25) is 0 Å². The molecular weight excluding hydrogens is 403 g/mol. The molecule has 0 aliphatic carbocycles. The van der Waals surface area contributed by atoms with Crippen LogP contribution in [0.4, 0.5) is 9.18 Å². The number of carbonyl (C=O) groups is 1. The summed E-state index contributed by atoms with van der Waals surface area (Å²) in [7, 11) is 0. The highest BCUT2D eigenvalue weighted by molar-refractivity contribution is 9.10. The van der Waals surface area contributed by atoms with Gasteiger partial charge >= 0.3 is 6.09 Å². The van der Waals surface area contributed by atoms with Crippen molar-refractivity contribution in [2.24, 2.45) is 0 Å². The van der Waals surface area contributed by atoms with Crippen molar-refractivity contribution in [3.63, 3.8) is 0 Å². The van der Waals surface area contributed by atoms with Gasteiger partial charge in [0.15, 0.2) is 5.76 Å². The molecule has 0 bridgehead atoms. The summed E-state index contributed by atoms with van der Waals surface area (Å²) < 4.78 is 20.8. The molecule has 3 rings (SSSR count). The Labute approximate surface area is 158 Å². The van der Waals surface area contributed by atoms with E-state index in [4.69, 9.17) is 4.52 Å². The van der Waals surface area contributed by atoms with E-state index in [-0.39, 0.29) is 5.56 Å². The number of rotatable bonds is 4. The Morgan fingerprint density at radius 2 is 1.92 bits per heavy atom. The molecule has 0 saturated carbocycles. The number of halogens is 2. The largest absolute Gasteiger partial charge is 0.465 e. The van der Waals surface area contributed by atoms with Crippen molar-refractivity contribution < 1.29 is 18.8 Å². The Bertz CT molecular complexity index is 956. The summed E-state index contributed by atoms with van der Waals surface area (Å²) in [5, 5.41) is 15.7. The number of aromatic nitrogens is 1. The van der Waals surface area contributed by atoms with Crippen molar-refractivity contribution in [3.8, 4) is 11.3 Å². The Balaban J connectivity index is 2.26. The molecule has 1 amide bonds. The topological polar surface area (TPSA) is 75.4 Å². The van der Waals surface area contributed by atoms with Crippen molar-refractivity contribution in [3.05, 3.63) is 82.6 Å². The zero-order valence-electron chi connectivity index (χ0n) is 13.8. The molecule has 1 heterocycles. The molecule has 2 aromatic carbocycles. The molecule has 0 saturated heterocycles. The molecule has 0 spiro atoms. The molecule has 7 heteroatoms. The zero-order chi connectivity index (χ0) is 18.9. The second-order valence-electron chi connectivity index (χ2n) is 5.79. The van der Waals surface area contributed by atoms with Gasteiger partial charge in [0.25, 0.3) is 0 Å². The van der Waals surface area contributed by atoms with Gasteiger partial charge in [-0.05, 0) is 32.0 Å². The summed E-state index contributed by atoms with van der Waals surface area (Å²) in [5.74, 6) is -0.263. The summed E-state index contributed by atoms with van der Waals surface area (Å²) >= 11 is 3.36. The van der Waals surface area contributed by atoms with Gasteiger partial charge in [-0.1, -0.05) is 51.4 Å². The van der Waals surface area contributed by atoms with Crippen LogP contribution in [0.3, 0.4) is 0 Å². The molecule has 1 unspecified atom stereocenters. The quantitative estimate of drug-likeness (QED) is 0.632. The summed E-state index contributed by atoms with van der Waals surface area (Å²) in [4.78, 5) is 11.5. The minimum atomic E-state index is -1.64. The van der Waals surface area contributed by atoms with Gasteiger partial charge in [0.1, 0.15) is 11.4 Å². The smallest absolute Gasteiger partial charge is 0.405 e. The fraction of sp³-hybridized carbons (Fsp3) is 0.105. The van der Waals surface area contributed by atoms with E-state index in [0.717, 1.165) is 4.47 Å². The van der Waals surface area contributed by atoms with Gasteiger partial charge in [0.05, 0.1) is 11.3 Å². The van der Waals surface area contributed by atoms with Crippen molar-refractivity contribution in [2.75, 3.05) is 0 Å². The normalized spacial score (nSPS) is 13.2. The van der Waals surface area contributed by atoms with E-state index in [2.05, 4.69) is 33.3 Å². The lowest BCUT2D eigenvalue weighted by atomic mass is 9.82. The number of carboxylic acid groups (broad SMARTS) is 1. The highest BCUT2D eigenvalue weighted by Gasteiger charge is 2.39. The maximum absolute atomic E-state index is 14.5. The van der Waals surface area contributed by atoms with E-state index in [1.807, 2.05) is 12.1 Å². The lowest BCUT2D eigenvalue weighted by molar-refractivity contribution is 0.186. The monoisotopic (exact) mass is 417 g/mol. The molecule has 1 aromatic heterocycles. The van der Waals surface area contributed by atoms with Crippen molar-refractivity contribution in [2.45, 2.75) is 12.5 Å². The van der Waals surface area contributed by atoms with Crippen LogP contribution in [-0.4, -0.2) is 16.4 Å². The minimum absolute atomic E-state index is 0.0760. The van der Waals surface area contributed by atoms with Gasteiger partial charge in [-0.2, -0.15) is 0 Å². The SMILES string of the molecule is [CH2]C(NC(=O)O)(c1ccccc1F)c1c(C)noc1-c1ccc(Br)cc1. The standard InChI is InChI=1S/C19H15BrFN2O3/c1-11-16(17(26-23-11)12-7-9-13(20)10-8-12)19(2,22-18(24)25)14-5-3-4-6-15(14)21/h3-10,22H,2H2,1H3,(H,24,25). The Kier molecular flexibility index (Phi) is 4.82. The molecule has 1 atom stereocenters. The van der Waals surface area contributed by atoms with E-state index in [1.165, 1.54) is 18.2 Å². The molecule has 0 fully saturated rings. The molecular formula is C19H15BrFN2O3. The lowest BCUT2D eigenvalue weighted by Gasteiger charge is -2.30. The van der Waals surface area contributed by atoms with E-state index in [9.17, 15) is 14.3 Å². The van der Waals surface area contributed by atoms with Gasteiger partial charge in [-0.25, -0.2) is 9.18 Å². The fourth-order valence-corrected chi connectivity index (χ4v) is 3.19. The molecule has 0 aliphatic heterocycles. The summed E-state index contributed by atoms with van der Waals surface area (Å²) in [5.41, 5.74) is -0.126. The van der Waals surface area contributed by atoms with E-state index in [0.29, 0.717) is 22.6 Å². The van der Waals surface area contributed by atoms with Crippen molar-refractivity contribution in [1.82, 2.24) is 10.5 Å². The number of amides is 1. The number of hydrogen-bond donors (Lipinski definition) is 2. The van der Waals surface area contributed by atoms with Crippen LogP contribution in [0.5, 0.6) is 0 Å². The number of aryl methyl sites for hydroxylation is 1. The maximum atomic E-state index is 14.5. The average molecular weight is 418 g/mol. The molecule has 5 nitrogen and oxygen atoms in total. The van der Waals surface area contributed by atoms with Crippen LogP contribution in [0.2, 0.25) is 0 Å². The molecule has 0 aliphatic rings. The predicted molar refractivity (Wildman–Crippen MR) is 98.1 cm³/mol. The van der Waals surface area contributed by atoms with Crippen LogP contribution in [0.25, 0.3) is 11.3 Å². The van der Waals surface area contributed by atoms with Crippen LogP contribution in [-0.2, 0) is 5.54 Å². The van der Waals surface area contributed by atoms with Crippen molar-refractivity contribution in [1.29, 1.82) is 0 Å². The third-order valence-corrected chi connectivity index (χ3v) is 4.58.